The lowest BCUT2D eigenvalue weighted by atomic mass is 9.95. The van der Waals surface area contributed by atoms with E-state index in [0.29, 0.717) is 12.3 Å². The fraction of sp³-hybridized carbons (Fsp3) is 0.579. The molecular weight excluding hydrogens is 300 g/mol. The van der Waals surface area contributed by atoms with E-state index in [0.717, 1.165) is 44.9 Å². The molecule has 1 fully saturated rings. The molecule has 0 bridgehead atoms. The highest BCUT2D eigenvalue weighted by atomic mass is 16.1. The average molecular weight is 330 g/mol. The number of nitrogens with one attached hydrogen (secondary N) is 1. The number of primary amides is 1. The lowest BCUT2D eigenvalue weighted by Gasteiger charge is -2.34. The first-order valence-corrected chi connectivity index (χ1v) is 8.79. The van der Waals surface area contributed by atoms with Gasteiger partial charge in [-0.2, -0.15) is 0 Å². The zero-order valence-corrected chi connectivity index (χ0v) is 15.1. The fourth-order valence-corrected chi connectivity index (χ4v) is 3.48. The maximum atomic E-state index is 11.2. The van der Waals surface area contributed by atoms with E-state index < -0.39 is 0 Å². The van der Waals surface area contributed by atoms with Crippen LogP contribution in [0.5, 0.6) is 0 Å². The van der Waals surface area contributed by atoms with Crippen LogP contribution < -0.4 is 11.1 Å². The summed E-state index contributed by atoms with van der Waals surface area (Å²) >= 11 is 0. The minimum absolute atomic E-state index is 0.209. The maximum absolute atomic E-state index is 11.2. The summed E-state index contributed by atoms with van der Waals surface area (Å²) in [6.45, 7) is 6.98. The Morgan fingerprint density at radius 3 is 2.88 bits per heavy atom. The van der Waals surface area contributed by atoms with E-state index in [-0.39, 0.29) is 5.91 Å². The lowest BCUT2D eigenvalue weighted by Crippen LogP contribution is -2.47. The quantitative estimate of drug-likeness (QED) is 0.641. The Morgan fingerprint density at radius 2 is 2.21 bits per heavy atom. The Kier molecular flexibility index (Phi) is 6.64. The molecule has 24 heavy (non-hydrogen) atoms. The van der Waals surface area contributed by atoms with Gasteiger partial charge in [0.05, 0.1) is 0 Å². The summed E-state index contributed by atoms with van der Waals surface area (Å²) in [6.07, 6.45) is 3.59. The third kappa shape index (κ3) is 5.25. The summed E-state index contributed by atoms with van der Waals surface area (Å²) in [4.78, 5) is 17.8. The first kappa shape index (κ1) is 18.3. The first-order chi connectivity index (χ1) is 11.5. The summed E-state index contributed by atoms with van der Waals surface area (Å²) < 4.78 is 0. The van der Waals surface area contributed by atoms with Crippen molar-refractivity contribution in [2.24, 2.45) is 16.6 Å². The molecule has 0 saturated carbocycles. The molecule has 3 N–H and O–H groups in total. The Balaban J connectivity index is 1.86. The molecule has 1 heterocycles. The van der Waals surface area contributed by atoms with Gasteiger partial charge in [0.2, 0.25) is 5.91 Å². The van der Waals surface area contributed by atoms with Gasteiger partial charge in [0, 0.05) is 33.1 Å². The number of carbonyl (C=O) groups is 1. The molecule has 1 saturated heterocycles. The smallest absolute Gasteiger partial charge is 0.217 e. The molecule has 5 heteroatoms. The van der Waals surface area contributed by atoms with Crippen LogP contribution in [-0.2, 0) is 11.2 Å². The number of hydrogen-bond donors (Lipinski definition) is 2. The summed E-state index contributed by atoms with van der Waals surface area (Å²) in [5, 5.41) is 3.46. The molecular formula is C19H30N4O. The largest absolute Gasteiger partial charge is 0.370 e. The monoisotopic (exact) mass is 330 g/mol. The average Bonchev–Trinajstić information content (AvgIpc) is 2.53. The van der Waals surface area contributed by atoms with Gasteiger partial charge in [0.1, 0.15) is 0 Å². The summed E-state index contributed by atoms with van der Waals surface area (Å²) in [6, 6.07) is 6.60. The molecule has 1 aliphatic heterocycles. The Morgan fingerprint density at radius 1 is 1.42 bits per heavy atom. The third-order valence-corrected chi connectivity index (χ3v) is 4.70. The van der Waals surface area contributed by atoms with Gasteiger partial charge in [0.25, 0.3) is 0 Å². The van der Waals surface area contributed by atoms with E-state index in [1.165, 1.54) is 16.7 Å². The molecule has 1 unspecified atom stereocenters. The molecule has 0 aromatic heterocycles. The Labute approximate surface area is 145 Å². The molecule has 132 valence electrons. The van der Waals surface area contributed by atoms with Crippen molar-refractivity contribution in [3.05, 3.63) is 34.9 Å². The highest BCUT2D eigenvalue weighted by Crippen LogP contribution is 2.19. The maximum Gasteiger partial charge on any atom is 0.217 e. The molecule has 1 atom stereocenters. The van der Waals surface area contributed by atoms with Crippen LogP contribution in [0.3, 0.4) is 0 Å². The number of aryl methyl sites for hydroxylation is 2. The van der Waals surface area contributed by atoms with Crippen molar-refractivity contribution in [1.82, 2.24) is 10.2 Å². The Bertz CT molecular complexity index is 597. The van der Waals surface area contributed by atoms with Crippen molar-refractivity contribution < 1.29 is 4.79 Å². The summed E-state index contributed by atoms with van der Waals surface area (Å²) in [7, 11) is 1.82. The molecule has 0 aliphatic carbocycles. The SMILES string of the molecule is CN=C(NCCc1ccc(C)cc1C)N1CCCC(CC(N)=O)C1. The van der Waals surface area contributed by atoms with Crippen LogP contribution in [0.2, 0.25) is 0 Å². The van der Waals surface area contributed by atoms with Crippen LogP contribution in [0.4, 0.5) is 0 Å². The van der Waals surface area contributed by atoms with Crippen molar-refractivity contribution in [1.29, 1.82) is 0 Å². The number of guanidine groups is 1. The molecule has 0 radical (unpaired) electrons. The molecule has 1 aliphatic rings. The van der Waals surface area contributed by atoms with Crippen LogP contribution in [0.15, 0.2) is 23.2 Å². The standard InChI is InChI=1S/C19H30N4O/c1-14-6-7-17(15(2)11-14)8-9-22-19(21-3)23-10-4-5-16(13-23)12-18(20)24/h6-7,11,16H,4-5,8-10,12-13H2,1-3H3,(H2,20,24)(H,21,22). The van der Waals surface area contributed by atoms with Gasteiger partial charge >= 0.3 is 0 Å². The van der Waals surface area contributed by atoms with Gasteiger partial charge in [-0.15, -0.1) is 0 Å². The van der Waals surface area contributed by atoms with Gasteiger partial charge in [-0.05, 0) is 50.2 Å². The third-order valence-electron chi connectivity index (χ3n) is 4.70. The summed E-state index contributed by atoms with van der Waals surface area (Å²) in [5.41, 5.74) is 9.35. The van der Waals surface area contributed by atoms with Gasteiger partial charge < -0.3 is 16.0 Å². The molecule has 5 nitrogen and oxygen atoms in total. The van der Waals surface area contributed by atoms with E-state index in [2.05, 4.69) is 47.3 Å². The van der Waals surface area contributed by atoms with Gasteiger partial charge in [-0.1, -0.05) is 23.8 Å². The number of benzene rings is 1. The second-order valence-electron chi connectivity index (χ2n) is 6.78. The van der Waals surface area contributed by atoms with Gasteiger partial charge in [-0.25, -0.2) is 0 Å². The van der Waals surface area contributed by atoms with Crippen molar-refractivity contribution in [3.63, 3.8) is 0 Å². The molecule has 1 amide bonds. The zero-order valence-electron chi connectivity index (χ0n) is 15.1. The van der Waals surface area contributed by atoms with E-state index in [1.54, 1.807) is 0 Å². The highest BCUT2D eigenvalue weighted by molar-refractivity contribution is 5.80. The normalized spacial score (nSPS) is 18.5. The predicted molar refractivity (Wildman–Crippen MR) is 99.1 cm³/mol. The number of amides is 1. The van der Waals surface area contributed by atoms with E-state index >= 15 is 0 Å². The number of aliphatic imine (C=N–C) groups is 1. The van der Waals surface area contributed by atoms with Crippen LogP contribution in [-0.4, -0.2) is 43.4 Å². The second kappa shape index (κ2) is 8.71. The number of hydrogen-bond acceptors (Lipinski definition) is 2. The van der Waals surface area contributed by atoms with Crippen LogP contribution in [0.25, 0.3) is 0 Å². The molecule has 1 aromatic rings. The van der Waals surface area contributed by atoms with Crippen molar-refractivity contribution in [2.75, 3.05) is 26.7 Å². The number of nitrogens with two attached hydrogens (primary N) is 1. The molecule has 2 rings (SSSR count). The number of piperidine rings is 1. The van der Waals surface area contributed by atoms with Crippen LogP contribution >= 0.6 is 0 Å². The highest BCUT2D eigenvalue weighted by Gasteiger charge is 2.23. The van der Waals surface area contributed by atoms with Crippen molar-refractivity contribution >= 4 is 11.9 Å². The number of carbonyl (C=O) groups excluding carboxylic acids is 1. The number of rotatable bonds is 5. The second-order valence-corrected chi connectivity index (χ2v) is 6.78. The van der Waals surface area contributed by atoms with Gasteiger partial charge in [0.15, 0.2) is 5.96 Å². The van der Waals surface area contributed by atoms with Crippen LogP contribution in [0, 0.1) is 19.8 Å². The Hall–Kier alpha value is -2.04. The van der Waals surface area contributed by atoms with Crippen molar-refractivity contribution in [2.45, 2.75) is 39.5 Å². The fourth-order valence-electron chi connectivity index (χ4n) is 3.48. The number of nitrogens with zero attached hydrogens (tertiary/aromatic N) is 2. The van der Waals surface area contributed by atoms with Crippen molar-refractivity contribution in [3.8, 4) is 0 Å². The first-order valence-electron chi connectivity index (χ1n) is 8.79. The van der Waals surface area contributed by atoms with E-state index in [4.69, 9.17) is 5.73 Å². The number of likely N-dealkylation sites (tertiary alicyclic amines) is 1. The minimum Gasteiger partial charge on any atom is -0.370 e. The minimum atomic E-state index is -0.209. The van der Waals surface area contributed by atoms with Gasteiger partial charge in [-0.3, -0.25) is 9.79 Å². The summed E-state index contributed by atoms with van der Waals surface area (Å²) in [5.74, 6) is 1.06. The van der Waals surface area contributed by atoms with E-state index in [9.17, 15) is 4.79 Å². The lowest BCUT2D eigenvalue weighted by molar-refractivity contribution is -0.119. The van der Waals surface area contributed by atoms with E-state index in [1.807, 2.05) is 7.05 Å². The van der Waals surface area contributed by atoms with Crippen LogP contribution in [0.1, 0.15) is 36.0 Å². The topological polar surface area (TPSA) is 70.7 Å². The molecule has 0 spiro atoms. The molecule has 1 aromatic carbocycles. The zero-order chi connectivity index (χ0) is 17.5. The predicted octanol–water partition coefficient (Wildman–Crippen LogP) is 2.01.